The average molecular weight is 1230 g/mol. The van der Waals surface area contributed by atoms with Gasteiger partial charge in [-0.1, -0.05) is 60.7 Å². The number of aliphatic hydroxyl groups excluding tert-OH is 1. The summed E-state index contributed by atoms with van der Waals surface area (Å²) in [7, 11) is 3.94. The molecule has 8 heterocycles. The number of hydrogen-bond donors (Lipinski definition) is 3. The highest BCUT2D eigenvalue weighted by Crippen LogP contribution is 2.44. The zero-order chi connectivity index (χ0) is 62.4. The molecule has 17 nitrogen and oxygen atoms in total. The standard InChI is InChI=1S/C36H40N4O5S.C31H32N4O3S.C2H6O/c1-36(2,3)45-35(44)37-28(18-26-21-38(4)29-11-6-5-10-27(26)29)31(41)19-25-17-24-9-7-12-30(39-15-8-13-32(39)42)33(24)40(34(25)43)20-23-14-16-46-22-23;1-33-18-23(24-7-2-3-8-26(24)33)15-25(32)28(36)16-22-14-21-6-4-9-27(34-12-5-10-29(34)37)30(21)35(31(22)38)17-20-11-13-39-19-20;1-2-3/h5-7,9-12,14,16,21-22,25,28H,8,13,15,17-20H2,1-4H3,(H,37,44);2-4,6-9,11,13,18-19,22,25H,5,10,12,14-17,32H2,1H3;3H,2H2,1H3/t25?,28-;22?,25-;/m11./s1. The van der Waals surface area contributed by atoms with Crippen molar-refractivity contribution in [1.82, 2.24) is 14.5 Å². The Bertz CT molecular complexity index is 3860. The van der Waals surface area contributed by atoms with Gasteiger partial charge in [0.25, 0.3) is 0 Å². The molecule has 4 aromatic heterocycles. The van der Waals surface area contributed by atoms with Crippen molar-refractivity contribution in [3.05, 3.63) is 164 Å². The van der Waals surface area contributed by atoms with Gasteiger partial charge in [-0.3, -0.25) is 28.8 Å². The Morgan fingerprint density at radius 3 is 1.53 bits per heavy atom. The molecule has 88 heavy (non-hydrogen) atoms. The maximum atomic E-state index is 14.3. The molecule has 4 N–H and O–H groups in total. The van der Waals surface area contributed by atoms with Gasteiger partial charge in [-0.05, 0) is 151 Å². The van der Waals surface area contributed by atoms with Crippen LogP contribution in [0.25, 0.3) is 21.8 Å². The van der Waals surface area contributed by atoms with Crippen molar-refractivity contribution in [2.45, 2.75) is 123 Å². The van der Waals surface area contributed by atoms with E-state index < -0.39 is 35.6 Å². The van der Waals surface area contributed by atoms with E-state index in [9.17, 15) is 33.6 Å². The number of carbonyl (C=O) groups is 7. The van der Waals surface area contributed by atoms with Gasteiger partial charge in [0, 0.05) is 112 Å². The molecule has 2 fully saturated rings. The molecule has 0 saturated carbocycles. The van der Waals surface area contributed by atoms with Gasteiger partial charge in [0.15, 0.2) is 11.6 Å². The number of Topliss-reactive ketones (excluding diaryl/α,β-unsaturated/α-hetero) is 2. The zero-order valence-electron chi connectivity index (χ0n) is 50.9. The molecular weight excluding hydrogens is 1150 g/mol. The number of para-hydroxylation sites is 4. The maximum absolute atomic E-state index is 14.3. The van der Waals surface area contributed by atoms with Crippen LogP contribution < -0.4 is 30.7 Å². The minimum Gasteiger partial charge on any atom is -0.444 e. The monoisotopic (exact) mass is 1230 g/mol. The van der Waals surface area contributed by atoms with E-state index in [0.29, 0.717) is 58.3 Å². The van der Waals surface area contributed by atoms with Gasteiger partial charge in [0.1, 0.15) is 5.60 Å². The van der Waals surface area contributed by atoms with Gasteiger partial charge in [-0.25, -0.2) is 4.79 Å². The number of aliphatic hydroxyl groups is 1. The van der Waals surface area contributed by atoms with Crippen LogP contribution in [0, 0.1) is 11.8 Å². The largest absolute Gasteiger partial charge is 0.444 e. The molecule has 0 radical (unpaired) electrons. The average Bonchev–Trinajstić information content (AvgIpc) is 2.30. The molecule has 4 aliphatic rings. The number of carbonyl (C=O) groups excluding carboxylic acids is 7. The molecule has 5 amide bonds. The number of aryl methyl sites for hydroxylation is 2. The van der Waals surface area contributed by atoms with Crippen molar-refractivity contribution < 1.29 is 43.4 Å². The zero-order valence-corrected chi connectivity index (χ0v) is 52.5. The summed E-state index contributed by atoms with van der Waals surface area (Å²) >= 11 is 3.14. The van der Waals surface area contributed by atoms with E-state index >= 15 is 0 Å². The fourth-order valence-electron chi connectivity index (χ4n) is 12.7. The normalized spacial score (nSPS) is 17.3. The highest BCUT2D eigenvalue weighted by atomic mass is 32.1. The Morgan fingerprint density at radius 1 is 0.648 bits per heavy atom. The first-order chi connectivity index (χ1) is 42.3. The molecule has 0 spiro atoms. The lowest BCUT2D eigenvalue weighted by atomic mass is 9.85. The number of benzene rings is 4. The molecular formula is C69H78N8O9S2. The molecule has 460 valence electrons. The molecule has 2 unspecified atom stereocenters. The van der Waals surface area contributed by atoms with E-state index in [0.717, 1.165) is 90.8 Å². The van der Waals surface area contributed by atoms with E-state index in [2.05, 4.69) is 22.0 Å². The molecule has 8 aromatic rings. The van der Waals surface area contributed by atoms with Crippen LogP contribution in [0.15, 0.2) is 131 Å². The van der Waals surface area contributed by atoms with Crippen LogP contribution in [0.1, 0.15) is 99.6 Å². The van der Waals surface area contributed by atoms with Crippen LogP contribution in [0.4, 0.5) is 27.5 Å². The third kappa shape index (κ3) is 14.0. The molecule has 0 bridgehead atoms. The summed E-state index contributed by atoms with van der Waals surface area (Å²) in [5, 5.41) is 20.5. The van der Waals surface area contributed by atoms with E-state index in [-0.39, 0.29) is 61.1 Å². The lowest BCUT2D eigenvalue weighted by molar-refractivity contribution is -0.129. The van der Waals surface area contributed by atoms with Crippen LogP contribution in [0.5, 0.6) is 0 Å². The van der Waals surface area contributed by atoms with Gasteiger partial charge < -0.3 is 49.6 Å². The minimum atomic E-state index is -0.895. The highest BCUT2D eigenvalue weighted by molar-refractivity contribution is 7.08. The van der Waals surface area contributed by atoms with Crippen molar-refractivity contribution in [3.8, 4) is 0 Å². The Kier molecular flexibility index (Phi) is 19.6. The Balaban J connectivity index is 0.000000188. The lowest BCUT2D eigenvalue weighted by Crippen LogP contribution is -2.47. The number of nitrogens with one attached hydrogen (secondary N) is 1. The van der Waals surface area contributed by atoms with Crippen molar-refractivity contribution in [2.24, 2.45) is 31.7 Å². The number of thiophene rings is 2. The van der Waals surface area contributed by atoms with E-state index in [1.54, 1.807) is 70.0 Å². The first-order valence-electron chi connectivity index (χ1n) is 30.3. The fraction of sp³-hybridized carbons (Fsp3) is 0.377. The summed E-state index contributed by atoms with van der Waals surface area (Å²) in [4.78, 5) is 101. The first-order valence-corrected chi connectivity index (χ1v) is 32.2. The SMILES string of the molecule is CCO.Cn1cc(C[C@@H](N)C(=O)CC2Cc3cccc(N4CCCC4=O)c3N(Cc3ccsc3)C2=O)c2ccccc21.Cn1cc(C[C@@H](NC(=O)OC(C)(C)C)C(=O)CC2Cc3cccc(N4CCCC4=O)c3N(Cc3ccsc3)C2=O)c2ccccc21. The Hall–Kier alpha value is -8.23. The van der Waals surface area contributed by atoms with Crippen molar-refractivity contribution in [1.29, 1.82) is 0 Å². The molecule has 4 aromatic carbocycles. The predicted octanol–water partition coefficient (Wildman–Crippen LogP) is 10.8. The first kappa shape index (κ1) is 62.8. The van der Waals surface area contributed by atoms with E-state index in [1.807, 2.05) is 138 Å². The predicted molar refractivity (Wildman–Crippen MR) is 348 cm³/mol. The van der Waals surface area contributed by atoms with Crippen molar-refractivity contribution in [2.75, 3.05) is 39.3 Å². The molecule has 4 aliphatic heterocycles. The number of amides is 5. The van der Waals surface area contributed by atoms with Crippen molar-refractivity contribution >= 4 is 109 Å². The quantitative estimate of drug-likeness (QED) is 0.0785. The van der Waals surface area contributed by atoms with Crippen LogP contribution in [0.2, 0.25) is 0 Å². The number of hydrogen-bond acceptors (Lipinski definition) is 12. The fourth-order valence-corrected chi connectivity index (χ4v) is 14.0. The topological polar surface area (TPSA) is 210 Å². The summed E-state index contributed by atoms with van der Waals surface area (Å²) in [6, 6.07) is 30.1. The van der Waals surface area contributed by atoms with Crippen LogP contribution >= 0.6 is 22.7 Å². The van der Waals surface area contributed by atoms with Gasteiger partial charge >= 0.3 is 6.09 Å². The molecule has 0 aliphatic carbocycles. The number of ketones is 2. The summed E-state index contributed by atoms with van der Waals surface area (Å²) in [5.74, 6) is -1.56. The number of nitrogens with two attached hydrogens (primary N) is 1. The van der Waals surface area contributed by atoms with Gasteiger partial charge in [0.05, 0.1) is 47.9 Å². The minimum absolute atomic E-state index is 0.0451. The van der Waals surface area contributed by atoms with Crippen LogP contribution in [-0.4, -0.2) is 92.9 Å². The van der Waals surface area contributed by atoms with Gasteiger partial charge in [-0.2, -0.15) is 22.7 Å². The molecule has 12 rings (SSSR count). The number of ether oxygens (including phenoxy) is 1. The second-order valence-corrected chi connectivity index (χ2v) is 25.8. The summed E-state index contributed by atoms with van der Waals surface area (Å²) < 4.78 is 9.60. The Labute approximate surface area is 521 Å². The number of anilines is 4. The van der Waals surface area contributed by atoms with E-state index in [4.69, 9.17) is 15.6 Å². The maximum Gasteiger partial charge on any atom is 0.408 e. The Morgan fingerprint density at radius 2 is 1.10 bits per heavy atom. The van der Waals surface area contributed by atoms with Crippen molar-refractivity contribution in [3.63, 3.8) is 0 Å². The summed E-state index contributed by atoms with van der Waals surface area (Å²) in [6.07, 6.45) is 7.49. The molecule has 4 atom stereocenters. The number of aromatic nitrogens is 2. The number of nitrogens with zero attached hydrogens (tertiary/aromatic N) is 6. The summed E-state index contributed by atoms with van der Waals surface area (Å²) in [6.45, 7) is 9.27. The van der Waals surface area contributed by atoms with Crippen LogP contribution in [0.3, 0.4) is 0 Å². The third-order valence-corrected chi connectivity index (χ3v) is 18.1. The van der Waals surface area contributed by atoms with E-state index in [1.165, 1.54) is 0 Å². The second kappa shape index (κ2) is 27.4. The van der Waals surface area contributed by atoms with Gasteiger partial charge in [-0.15, -0.1) is 0 Å². The smallest absolute Gasteiger partial charge is 0.408 e. The molecule has 19 heteroatoms. The molecule has 2 saturated heterocycles. The number of alkyl carbamates (subject to hydrolysis) is 1. The third-order valence-electron chi connectivity index (χ3n) is 16.7. The highest BCUT2D eigenvalue weighted by Gasteiger charge is 2.41. The summed E-state index contributed by atoms with van der Waals surface area (Å²) in [5.41, 5.74) is 16.8. The second-order valence-electron chi connectivity index (χ2n) is 24.2. The van der Waals surface area contributed by atoms with Crippen LogP contribution in [-0.2, 0) is 86.4 Å². The number of rotatable bonds is 17. The lowest BCUT2D eigenvalue weighted by Gasteiger charge is -2.37. The number of fused-ring (bicyclic) bond motifs is 4. The van der Waals surface area contributed by atoms with Gasteiger partial charge in [0.2, 0.25) is 23.6 Å².